The molecule has 5 nitrogen and oxygen atoms in total. The number of carbonyl (C=O) groups excluding carboxylic acids is 1. The minimum atomic E-state index is 0.0323. The second kappa shape index (κ2) is 9.85. The SMILES string of the molecule is CN(C(=O)COc1ccc(Br)cc1)C1CCN(CCc2ccccn2)CC1. The summed E-state index contributed by atoms with van der Waals surface area (Å²) < 4.78 is 6.61. The van der Waals surface area contributed by atoms with E-state index in [0.29, 0.717) is 5.75 Å². The second-order valence-electron chi connectivity index (χ2n) is 6.89. The Morgan fingerprint density at radius 3 is 2.63 bits per heavy atom. The van der Waals surface area contributed by atoms with Gasteiger partial charge in [0.15, 0.2) is 6.61 Å². The maximum Gasteiger partial charge on any atom is 0.260 e. The first kappa shape index (κ1) is 19.8. The molecular formula is C21H26BrN3O2. The van der Waals surface area contributed by atoms with E-state index in [1.54, 1.807) is 0 Å². The van der Waals surface area contributed by atoms with E-state index in [2.05, 4.69) is 31.9 Å². The average molecular weight is 432 g/mol. The van der Waals surface area contributed by atoms with Gasteiger partial charge in [0.1, 0.15) is 5.75 Å². The molecule has 1 aromatic heterocycles. The highest BCUT2D eigenvalue weighted by atomic mass is 79.9. The number of benzene rings is 1. The van der Waals surface area contributed by atoms with E-state index in [1.807, 2.05) is 54.5 Å². The molecule has 1 aliphatic heterocycles. The number of hydrogen-bond donors (Lipinski definition) is 0. The molecule has 2 heterocycles. The van der Waals surface area contributed by atoms with Crippen LogP contribution in [0.3, 0.4) is 0 Å². The maximum atomic E-state index is 12.4. The van der Waals surface area contributed by atoms with Gasteiger partial charge in [0, 0.05) is 55.5 Å². The van der Waals surface area contributed by atoms with Crippen molar-refractivity contribution >= 4 is 21.8 Å². The van der Waals surface area contributed by atoms with E-state index in [1.165, 1.54) is 0 Å². The molecule has 1 aromatic carbocycles. The average Bonchev–Trinajstić information content (AvgIpc) is 2.72. The predicted octanol–water partition coefficient (Wildman–Crippen LogP) is 3.39. The number of rotatable bonds is 7. The van der Waals surface area contributed by atoms with E-state index >= 15 is 0 Å². The van der Waals surface area contributed by atoms with Crippen LogP contribution in [0.1, 0.15) is 18.5 Å². The summed E-state index contributed by atoms with van der Waals surface area (Å²) in [5.74, 6) is 0.745. The van der Waals surface area contributed by atoms with Crippen LogP contribution in [0.2, 0.25) is 0 Å². The number of hydrogen-bond acceptors (Lipinski definition) is 4. The molecule has 0 aliphatic carbocycles. The van der Waals surface area contributed by atoms with Gasteiger partial charge in [-0.2, -0.15) is 0 Å². The number of halogens is 1. The van der Waals surface area contributed by atoms with Gasteiger partial charge in [-0.25, -0.2) is 0 Å². The molecule has 1 fully saturated rings. The fraction of sp³-hybridized carbons (Fsp3) is 0.429. The molecule has 0 unspecified atom stereocenters. The van der Waals surface area contributed by atoms with Crippen molar-refractivity contribution in [1.82, 2.24) is 14.8 Å². The van der Waals surface area contributed by atoms with Crippen molar-refractivity contribution in [1.29, 1.82) is 0 Å². The molecular weight excluding hydrogens is 406 g/mol. The molecule has 1 saturated heterocycles. The van der Waals surface area contributed by atoms with Crippen LogP contribution in [0, 0.1) is 0 Å². The highest BCUT2D eigenvalue weighted by Gasteiger charge is 2.25. The van der Waals surface area contributed by atoms with Crippen molar-refractivity contribution < 1.29 is 9.53 Å². The van der Waals surface area contributed by atoms with Gasteiger partial charge in [0.05, 0.1) is 0 Å². The number of carbonyl (C=O) groups is 1. The smallest absolute Gasteiger partial charge is 0.260 e. The number of nitrogens with zero attached hydrogens (tertiary/aromatic N) is 3. The van der Waals surface area contributed by atoms with Gasteiger partial charge in [0.25, 0.3) is 5.91 Å². The van der Waals surface area contributed by atoms with Crippen LogP contribution in [0.25, 0.3) is 0 Å². The molecule has 144 valence electrons. The quantitative estimate of drug-likeness (QED) is 0.673. The first-order chi connectivity index (χ1) is 13.1. The van der Waals surface area contributed by atoms with Crippen molar-refractivity contribution in [2.45, 2.75) is 25.3 Å². The summed E-state index contributed by atoms with van der Waals surface area (Å²) >= 11 is 3.39. The van der Waals surface area contributed by atoms with Crippen molar-refractivity contribution in [3.8, 4) is 5.75 Å². The topological polar surface area (TPSA) is 45.7 Å². The molecule has 0 bridgehead atoms. The summed E-state index contributed by atoms with van der Waals surface area (Å²) in [5, 5.41) is 0. The normalized spacial score (nSPS) is 15.5. The molecule has 27 heavy (non-hydrogen) atoms. The first-order valence-electron chi connectivity index (χ1n) is 9.38. The summed E-state index contributed by atoms with van der Waals surface area (Å²) in [6.07, 6.45) is 4.82. The van der Waals surface area contributed by atoms with Gasteiger partial charge >= 0.3 is 0 Å². The molecule has 0 radical (unpaired) electrons. The van der Waals surface area contributed by atoms with Crippen LogP contribution in [0.15, 0.2) is 53.1 Å². The van der Waals surface area contributed by atoms with Crippen molar-refractivity contribution in [2.24, 2.45) is 0 Å². The van der Waals surface area contributed by atoms with Crippen LogP contribution in [-0.4, -0.2) is 60.0 Å². The Morgan fingerprint density at radius 2 is 1.96 bits per heavy atom. The Labute approximate surface area is 169 Å². The van der Waals surface area contributed by atoms with Gasteiger partial charge in [0.2, 0.25) is 0 Å². The van der Waals surface area contributed by atoms with Gasteiger partial charge in [-0.1, -0.05) is 22.0 Å². The zero-order valence-electron chi connectivity index (χ0n) is 15.7. The fourth-order valence-corrected chi connectivity index (χ4v) is 3.59. The Bertz CT molecular complexity index is 716. The lowest BCUT2D eigenvalue weighted by Gasteiger charge is -2.36. The third kappa shape index (κ3) is 6.04. The van der Waals surface area contributed by atoms with Crippen LogP contribution in [0.5, 0.6) is 5.75 Å². The molecule has 0 N–H and O–H groups in total. The van der Waals surface area contributed by atoms with Gasteiger partial charge in [-0.05, 0) is 49.2 Å². The molecule has 3 rings (SSSR count). The van der Waals surface area contributed by atoms with Crippen LogP contribution in [0.4, 0.5) is 0 Å². The Kier molecular flexibility index (Phi) is 7.24. The Balaban J connectivity index is 1.39. The number of amides is 1. The summed E-state index contributed by atoms with van der Waals surface area (Å²) in [4.78, 5) is 21.1. The number of aromatic nitrogens is 1. The molecule has 0 spiro atoms. The van der Waals surface area contributed by atoms with E-state index in [4.69, 9.17) is 4.74 Å². The monoisotopic (exact) mass is 431 g/mol. The van der Waals surface area contributed by atoms with Gasteiger partial charge < -0.3 is 14.5 Å². The lowest BCUT2D eigenvalue weighted by molar-refractivity contribution is -0.135. The van der Waals surface area contributed by atoms with Crippen LogP contribution >= 0.6 is 15.9 Å². The highest BCUT2D eigenvalue weighted by Crippen LogP contribution is 2.18. The van der Waals surface area contributed by atoms with E-state index in [9.17, 15) is 4.79 Å². The fourth-order valence-electron chi connectivity index (χ4n) is 3.33. The van der Waals surface area contributed by atoms with Crippen LogP contribution < -0.4 is 4.74 Å². The number of ether oxygens (including phenoxy) is 1. The standard InChI is InChI=1S/C21H26BrN3O2/c1-24(21(26)16-27-20-7-5-17(22)6-8-20)19-10-14-25(15-11-19)13-9-18-4-2-3-12-23-18/h2-8,12,19H,9-11,13-16H2,1H3. The van der Waals surface area contributed by atoms with E-state index in [0.717, 1.165) is 49.1 Å². The summed E-state index contributed by atoms with van der Waals surface area (Å²) in [7, 11) is 1.89. The lowest BCUT2D eigenvalue weighted by Crippen LogP contribution is -2.47. The highest BCUT2D eigenvalue weighted by molar-refractivity contribution is 9.10. The van der Waals surface area contributed by atoms with Crippen LogP contribution in [-0.2, 0) is 11.2 Å². The Hall–Kier alpha value is -1.92. The summed E-state index contributed by atoms with van der Waals surface area (Å²) in [6, 6.07) is 13.9. The maximum absolute atomic E-state index is 12.4. The molecule has 0 saturated carbocycles. The van der Waals surface area contributed by atoms with Gasteiger partial charge in [-0.15, -0.1) is 0 Å². The van der Waals surface area contributed by atoms with Crippen molar-refractivity contribution in [2.75, 3.05) is 33.3 Å². The van der Waals surface area contributed by atoms with Gasteiger partial charge in [-0.3, -0.25) is 9.78 Å². The minimum absolute atomic E-state index is 0.0323. The van der Waals surface area contributed by atoms with Crippen molar-refractivity contribution in [3.05, 3.63) is 58.8 Å². The first-order valence-corrected chi connectivity index (χ1v) is 10.2. The lowest BCUT2D eigenvalue weighted by atomic mass is 10.0. The molecule has 0 atom stereocenters. The third-order valence-electron chi connectivity index (χ3n) is 5.08. The minimum Gasteiger partial charge on any atom is -0.484 e. The number of likely N-dealkylation sites (tertiary alicyclic amines) is 1. The summed E-state index contributed by atoms with van der Waals surface area (Å²) in [6.45, 7) is 3.14. The van der Waals surface area contributed by atoms with Crippen molar-refractivity contribution in [3.63, 3.8) is 0 Å². The third-order valence-corrected chi connectivity index (χ3v) is 5.61. The largest absolute Gasteiger partial charge is 0.484 e. The second-order valence-corrected chi connectivity index (χ2v) is 7.81. The van der Waals surface area contributed by atoms with E-state index < -0.39 is 0 Å². The summed E-state index contributed by atoms with van der Waals surface area (Å²) in [5.41, 5.74) is 1.14. The number of piperidine rings is 1. The Morgan fingerprint density at radius 1 is 1.22 bits per heavy atom. The molecule has 2 aromatic rings. The molecule has 1 amide bonds. The zero-order valence-corrected chi connectivity index (χ0v) is 17.3. The van der Waals surface area contributed by atoms with E-state index in [-0.39, 0.29) is 18.6 Å². The number of likely N-dealkylation sites (N-methyl/N-ethyl adjacent to an activating group) is 1. The number of pyridine rings is 1. The molecule has 1 aliphatic rings. The predicted molar refractivity (Wildman–Crippen MR) is 110 cm³/mol. The zero-order chi connectivity index (χ0) is 19.1. The molecule has 6 heteroatoms.